The van der Waals surface area contributed by atoms with Crippen LogP contribution in [0.15, 0.2) is 38.3 Å². The maximum atomic E-state index is 14.2. The van der Waals surface area contributed by atoms with Crippen LogP contribution in [0.1, 0.15) is 49.0 Å². The van der Waals surface area contributed by atoms with Crippen molar-refractivity contribution in [2.75, 3.05) is 10.6 Å². The smallest absolute Gasteiger partial charge is 0.286 e. The summed E-state index contributed by atoms with van der Waals surface area (Å²) >= 11 is 0. The van der Waals surface area contributed by atoms with Gasteiger partial charge >= 0.3 is 0 Å². The number of sulfonamides is 1. The first-order valence-electron chi connectivity index (χ1n) is 10.3. The Morgan fingerprint density at radius 1 is 1.13 bits per heavy atom. The molecule has 0 radical (unpaired) electrons. The Bertz CT molecular complexity index is 1140. The number of hydrogen-bond donors (Lipinski definition) is 3. The third kappa shape index (κ3) is 4.14. The summed E-state index contributed by atoms with van der Waals surface area (Å²) in [6, 6.07) is 3.87. The fraction of sp³-hybridized carbons (Fsp3) is 0.450. The number of hydrogen-bond acceptors (Lipinski definition) is 7. The van der Waals surface area contributed by atoms with Crippen LogP contribution in [0.25, 0.3) is 0 Å². The molecule has 2 saturated carbocycles. The summed E-state index contributed by atoms with van der Waals surface area (Å²) in [7, 11) is -3.94. The van der Waals surface area contributed by atoms with Crippen LogP contribution in [0.5, 0.6) is 0 Å². The van der Waals surface area contributed by atoms with Gasteiger partial charge in [0, 0.05) is 24.1 Å². The second kappa shape index (κ2) is 7.63. The quantitative estimate of drug-likeness (QED) is 0.643. The molecule has 1 aromatic heterocycles. The summed E-state index contributed by atoms with van der Waals surface area (Å²) in [4.78, 5) is 12.0. The van der Waals surface area contributed by atoms with E-state index in [-0.39, 0.29) is 34.5 Å². The van der Waals surface area contributed by atoms with Crippen LogP contribution in [0.4, 0.5) is 15.8 Å². The SMILES string of the molecule is O=C(NC1CCC(Nc2cc(F)cc3c2NC(C2CC2)=NS3(=O)=O)CC1)c1ccon1. The molecule has 5 rings (SSSR count). The van der Waals surface area contributed by atoms with Crippen molar-refractivity contribution in [2.45, 2.75) is 55.5 Å². The molecular formula is C20H22FN5O4S. The van der Waals surface area contributed by atoms with E-state index < -0.39 is 15.8 Å². The van der Waals surface area contributed by atoms with Gasteiger partial charge in [0.1, 0.15) is 22.8 Å². The monoisotopic (exact) mass is 447 g/mol. The van der Waals surface area contributed by atoms with E-state index in [0.29, 0.717) is 17.2 Å². The van der Waals surface area contributed by atoms with Crippen molar-refractivity contribution < 1.29 is 22.1 Å². The van der Waals surface area contributed by atoms with Crippen molar-refractivity contribution in [1.82, 2.24) is 10.5 Å². The fourth-order valence-electron chi connectivity index (χ4n) is 4.08. The van der Waals surface area contributed by atoms with Crippen molar-refractivity contribution in [3.63, 3.8) is 0 Å². The molecule has 11 heteroatoms. The van der Waals surface area contributed by atoms with Crippen molar-refractivity contribution in [2.24, 2.45) is 10.3 Å². The van der Waals surface area contributed by atoms with Gasteiger partial charge < -0.3 is 20.5 Å². The lowest BCUT2D eigenvalue weighted by Crippen LogP contribution is -2.40. The topological polar surface area (TPSA) is 126 Å². The Morgan fingerprint density at radius 2 is 1.87 bits per heavy atom. The van der Waals surface area contributed by atoms with Gasteiger partial charge in [0.05, 0.1) is 11.4 Å². The molecule has 2 fully saturated rings. The third-order valence-corrected chi connectivity index (χ3v) is 7.19. The Hall–Kier alpha value is -2.95. The summed E-state index contributed by atoms with van der Waals surface area (Å²) < 4.78 is 47.9. The summed E-state index contributed by atoms with van der Waals surface area (Å²) in [5.74, 6) is -0.359. The lowest BCUT2D eigenvalue weighted by molar-refractivity contribution is 0.0917. The number of benzene rings is 1. The van der Waals surface area contributed by atoms with E-state index in [2.05, 4.69) is 25.5 Å². The van der Waals surface area contributed by atoms with Crippen LogP contribution in [-0.4, -0.2) is 37.4 Å². The highest BCUT2D eigenvalue weighted by Crippen LogP contribution is 2.40. The van der Waals surface area contributed by atoms with E-state index in [4.69, 9.17) is 4.52 Å². The highest BCUT2D eigenvalue weighted by Gasteiger charge is 2.36. The van der Waals surface area contributed by atoms with Crippen LogP contribution in [-0.2, 0) is 10.0 Å². The molecule has 2 heterocycles. The molecule has 0 atom stereocenters. The van der Waals surface area contributed by atoms with Gasteiger partial charge in [0.2, 0.25) is 0 Å². The number of nitrogens with zero attached hydrogens (tertiary/aromatic N) is 2. The van der Waals surface area contributed by atoms with Gasteiger partial charge in [-0.2, -0.15) is 8.42 Å². The molecule has 3 aliphatic rings. The van der Waals surface area contributed by atoms with Crippen molar-refractivity contribution in [3.05, 3.63) is 36.0 Å². The summed E-state index contributed by atoms with van der Waals surface area (Å²) in [6.07, 6.45) is 6.09. The number of halogens is 1. The number of amidine groups is 1. The number of carbonyl (C=O) groups is 1. The summed E-state index contributed by atoms with van der Waals surface area (Å²) in [5.41, 5.74) is 1.02. The second-order valence-electron chi connectivity index (χ2n) is 8.23. The van der Waals surface area contributed by atoms with Gasteiger partial charge in [-0.05, 0) is 50.7 Å². The maximum absolute atomic E-state index is 14.2. The number of fused-ring (bicyclic) bond motifs is 1. The predicted octanol–water partition coefficient (Wildman–Crippen LogP) is 2.89. The molecule has 0 bridgehead atoms. The molecule has 1 aliphatic heterocycles. The van der Waals surface area contributed by atoms with Crippen LogP contribution < -0.4 is 16.0 Å². The number of nitrogens with one attached hydrogen (secondary N) is 3. The molecule has 2 aromatic rings. The molecule has 2 aliphatic carbocycles. The van der Waals surface area contributed by atoms with Crippen LogP contribution in [0.2, 0.25) is 0 Å². The largest absolute Gasteiger partial charge is 0.381 e. The van der Waals surface area contributed by atoms with E-state index in [0.717, 1.165) is 44.6 Å². The van der Waals surface area contributed by atoms with Gasteiger partial charge in [0.15, 0.2) is 5.69 Å². The predicted molar refractivity (Wildman–Crippen MR) is 111 cm³/mol. The average Bonchev–Trinajstić information content (AvgIpc) is 3.43. The van der Waals surface area contributed by atoms with Crippen LogP contribution in [0.3, 0.4) is 0 Å². The van der Waals surface area contributed by atoms with Crippen molar-refractivity contribution in [1.29, 1.82) is 0 Å². The number of anilines is 2. The molecular weight excluding hydrogens is 425 g/mol. The zero-order chi connectivity index (χ0) is 21.6. The van der Waals surface area contributed by atoms with Crippen LogP contribution in [0, 0.1) is 11.7 Å². The Kier molecular flexibility index (Phi) is 4.92. The minimum atomic E-state index is -3.94. The van der Waals surface area contributed by atoms with E-state index in [9.17, 15) is 17.6 Å². The highest BCUT2D eigenvalue weighted by molar-refractivity contribution is 7.90. The molecule has 1 amide bonds. The molecule has 0 saturated heterocycles. The molecule has 3 N–H and O–H groups in total. The lowest BCUT2D eigenvalue weighted by atomic mass is 9.90. The first-order valence-corrected chi connectivity index (χ1v) is 11.8. The number of rotatable bonds is 5. The minimum absolute atomic E-state index is 0.00998. The molecule has 9 nitrogen and oxygen atoms in total. The molecule has 0 unspecified atom stereocenters. The first-order chi connectivity index (χ1) is 14.9. The highest BCUT2D eigenvalue weighted by atomic mass is 32.2. The summed E-state index contributed by atoms with van der Waals surface area (Å²) in [6.45, 7) is 0. The molecule has 31 heavy (non-hydrogen) atoms. The third-order valence-electron chi connectivity index (χ3n) is 5.87. The average molecular weight is 447 g/mol. The van der Waals surface area contributed by atoms with Gasteiger partial charge in [0.25, 0.3) is 15.9 Å². The summed E-state index contributed by atoms with van der Waals surface area (Å²) in [5, 5.41) is 13.0. The fourth-order valence-corrected chi connectivity index (χ4v) is 5.31. The lowest BCUT2D eigenvalue weighted by Gasteiger charge is -2.31. The van der Waals surface area contributed by atoms with E-state index in [1.807, 2.05) is 0 Å². The maximum Gasteiger partial charge on any atom is 0.286 e. The van der Waals surface area contributed by atoms with Gasteiger partial charge in [-0.1, -0.05) is 5.16 Å². The van der Waals surface area contributed by atoms with Crippen molar-refractivity contribution in [3.8, 4) is 0 Å². The minimum Gasteiger partial charge on any atom is -0.381 e. The van der Waals surface area contributed by atoms with E-state index >= 15 is 0 Å². The van der Waals surface area contributed by atoms with E-state index in [1.54, 1.807) is 0 Å². The zero-order valence-electron chi connectivity index (χ0n) is 16.6. The number of carbonyl (C=O) groups excluding carboxylic acids is 1. The first kappa shape index (κ1) is 20.0. The molecule has 1 aromatic carbocycles. The zero-order valence-corrected chi connectivity index (χ0v) is 17.4. The molecule has 0 spiro atoms. The normalized spacial score (nSPS) is 24.5. The van der Waals surface area contributed by atoms with Crippen LogP contribution >= 0.6 is 0 Å². The van der Waals surface area contributed by atoms with Gasteiger partial charge in [-0.25, -0.2) is 4.39 Å². The van der Waals surface area contributed by atoms with Crippen molar-refractivity contribution >= 4 is 33.1 Å². The van der Waals surface area contributed by atoms with Gasteiger partial charge in [-0.15, -0.1) is 4.40 Å². The van der Waals surface area contributed by atoms with Gasteiger partial charge in [-0.3, -0.25) is 4.79 Å². The Balaban J connectivity index is 1.28. The van der Waals surface area contributed by atoms with E-state index in [1.165, 1.54) is 18.4 Å². The Morgan fingerprint density at radius 3 is 2.55 bits per heavy atom. The number of aromatic nitrogens is 1. The standard InChI is InChI=1S/C20H22FN5O4S/c21-12-9-16(18-17(10-12)31(28,29)26-19(24-18)11-1-2-11)22-13-3-5-14(6-4-13)23-20(27)15-7-8-30-25-15/h7-11,13-14,22H,1-6H2,(H,23,27)(H,24,26). The Labute approximate surface area is 178 Å². The second-order valence-corrected chi connectivity index (χ2v) is 9.80. The number of amides is 1. The molecule has 164 valence electrons.